The molecule has 0 radical (unpaired) electrons. The Morgan fingerprint density at radius 2 is 1.17 bits per heavy atom. The van der Waals surface area contributed by atoms with Crippen LogP contribution < -0.4 is 0 Å². The molecule has 0 spiro atoms. The molecule has 0 amide bonds. The molecule has 0 aromatic carbocycles. The summed E-state index contributed by atoms with van der Waals surface area (Å²) in [5, 5.41) is 0. The van der Waals surface area contributed by atoms with Crippen LogP contribution in [0.1, 0.15) is 0 Å². The predicted octanol–water partition coefficient (Wildman–Crippen LogP) is -0.317. The Bertz CT molecular complexity index is 15.5. The van der Waals surface area contributed by atoms with Crippen molar-refractivity contribution in [1.29, 1.82) is 0 Å². The third kappa shape index (κ3) is 246. The zero-order valence-corrected chi connectivity index (χ0v) is 7.58. The van der Waals surface area contributed by atoms with Crippen LogP contribution in [0.25, 0.3) is 0 Å². The van der Waals surface area contributed by atoms with Crippen LogP contribution in [0.3, 0.4) is 0 Å². The SMILES string of the molecule is CN(C)C.[SiH3]Cl. The van der Waals surface area contributed by atoms with Gasteiger partial charge in [0.1, 0.15) is 9.55 Å². The van der Waals surface area contributed by atoms with Gasteiger partial charge < -0.3 is 4.90 Å². The van der Waals surface area contributed by atoms with E-state index in [0.717, 1.165) is 9.55 Å². The molecule has 0 unspecified atom stereocenters. The van der Waals surface area contributed by atoms with Gasteiger partial charge in [0.25, 0.3) is 0 Å². The molecule has 0 atom stereocenters. The largest absolute Gasteiger partial charge is 0.312 e. The summed E-state index contributed by atoms with van der Waals surface area (Å²) in [6.07, 6.45) is 0. The maximum Gasteiger partial charge on any atom is 0.109 e. The third-order valence-corrected chi connectivity index (χ3v) is 0. The number of nitrogens with zero attached hydrogens (tertiary/aromatic N) is 1. The standard InChI is InChI=1S/C3H9N.ClH3Si/c1-4(2)3;1-2/h1-3H3;2H3. The van der Waals surface area contributed by atoms with E-state index in [1.807, 2.05) is 26.0 Å². The van der Waals surface area contributed by atoms with Crippen molar-refractivity contribution in [2.45, 2.75) is 0 Å². The highest BCUT2D eigenvalue weighted by atomic mass is 35.6. The lowest BCUT2D eigenvalue weighted by atomic mass is 11.0. The molecular weight excluding hydrogens is 114 g/mol. The van der Waals surface area contributed by atoms with Crippen molar-refractivity contribution < 1.29 is 0 Å². The Morgan fingerprint density at radius 3 is 1.17 bits per heavy atom. The van der Waals surface area contributed by atoms with E-state index in [0.29, 0.717) is 0 Å². The molecule has 1 nitrogen and oxygen atoms in total. The highest BCUT2D eigenvalue weighted by molar-refractivity contribution is 6.80. The Labute approximate surface area is 47.4 Å². The second-order valence-corrected chi connectivity index (χ2v) is 1.34. The average Bonchev–Trinajstić information content (AvgIpc) is 1.41. The van der Waals surface area contributed by atoms with E-state index in [1.54, 1.807) is 0 Å². The van der Waals surface area contributed by atoms with Crippen molar-refractivity contribution in [1.82, 2.24) is 4.90 Å². The van der Waals surface area contributed by atoms with Crippen molar-refractivity contribution in [3.8, 4) is 0 Å². The summed E-state index contributed by atoms with van der Waals surface area (Å²) >= 11 is 4.78. The van der Waals surface area contributed by atoms with Crippen LogP contribution in [0, 0.1) is 0 Å². The fourth-order valence-electron chi connectivity index (χ4n) is 0. The summed E-state index contributed by atoms with van der Waals surface area (Å²) in [6.45, 7) is 0. The Balaban J connectivity index is 0. The van der Waals surface area contributed by atoms with Gasteiger partial charge in [-0.2, -0.15) is 11.1 Å². The summed E-state index contributed by atoms with van der Waals surface area (Å²) in [4.78, 5) is 2.00. The lowest BCUT2D eigenvalue weighted by Gasteiger charge is -1.90. The van der Waals surface area contributed by atoms with Crippen LogP contribution in [0.2, 0.25) is 0 Å². The molecule has 6 heavy (non-hydrogen) atoms. The summed E-state index contributed by atoms with van der Waals surface area (Å²) in [5.74, 6) is 0. The predicted molar refractivity (Wildman–Crippen MR) is 35.4 cm³/mol. The normalized spacial score (nSPS) is 7.50. The van der Waals surface area contributed by atoms with Gasteiger partial charge in [-0.3, -0.25) is 0 Å². The van der Waals surface area contributed by atoms with Gasteiger partial charge >= 0.3 is 0 Å². The molecule has 0 bridgehead atoms. The van der Waals surface area contributed by atoms with Gasteiger partial charge in [0.2, 0.25) is 0 Å². The van der Waals surface area contributed by atoms with Gasteiger partial charge in [-0.25, -0.2) is 0 Å². The van der Waals surface area contributed by atoms with Gasteiger partial charge in [0, 0.05) is 0 Å². The van der Waals surface area contributed by atoms with Crippen molar-refractivity contribution >= 4 is 20.6 Å². The molecule has 0 aliphatic rings. The van der Waals surface area contributed by atoms with Crippen LogP contribution in [0.5, 0.6) is 0 Å². The van der Waals surface area contributed by atoms with Crippen molar-refractivity contribution in [2.75, 3.05) is 21.1 Å². The number of halogens is 1. The molecule has 0 aromatic heterocycles. The van der Waals surface area contributed by atoms with Gasteiger partial charge in [-0.1, -0.05) is 0 Å². The summed E-state index contributed by atoms with van der Waals surface area (Å²) in [7, 11) is 6.78. The second kappa shape index (κ2) is 9.08. The Hall–Kier alpha value is 0.467. The lowest BCUT2D eigenvalue weighted by Crippen LogP contribution is -1.99. The van der Waals surface area contributed by atoms with E-state index in [2.05, 4.69) is 0 Å². The zero-order chi connectivity index (χ0) is 5.58. The molecule has 0 aliphatic carbocycles. The van der Waals surface area contributed by atoms with Crippen LogP contribution in [0.15, 0.2) is 0 Å². The minimum Gasteiger partial charge on any atom is -0.312 e. The number of rotatable bonds is 0. The molecule has 0 N–H and O–H groups in total. The number of hydrogen-bond donors (Lipinski definition) is 0. The highest BCUT2D eigenvalue weighted by Crippen LogP contribution is 1.47. The maximum atomic E-state index is 4.78. The monoisotopic (exact) mass is 125 g/mol. The molecular formula is C3H12ClNSi. The molecule has 3 heteroatoms. The Morgan fingerprint density at radius 1 is 1.17 bits per heavy atom. The molecule has 0 rings (SSSR count). The topological polar surface area (TPSA) is 3.24 Å². The lowest BCUT2D eigenvalue weighted by molar-refractivity contribution is 0.505. The third-order valence-electron chi connectivity index (χ3n) is 0. The first-order valence-corrected chi connectivity index (χ1v) is 4.74. The van der Waals surface area contributed by atoms with Crippen LogP contribution in [-0.2, 0) is 0 Å². The van der Waals surface area contributed by atoms with Gasteiger partial charge in [-0.15, -0.1) is 0 Å². The smallest absolute Gasteiger partial charge is 0.109 e. The van der Waals surface area contributed by atoms with Crippen molar-refractivity contribution in [3.63, 3.8) is 0 Å². The van der Waals surface area contributed by atoms with E-state index in [-0.39, 0.29) is 0 Å². The summed E-state index contributed by atoms with van der Waals surface area (Å²) < 4.78 is 0. The maximum absolute atomic E-state index is 4.78. The second-order valence-electron chi connectivity index (χ2n) is 1.34. The van der Waals surface area contributed by atoms with Crippen LogP contribution in [0.4, 0.5) is 0 Å². The van der Waals surface area contributed by atoms with Gasteiger partial charge in [-0.05, 0) is 21.1 Å². The van der Waals surface area contributed by atoms with E-state index in [9.17, 15) is 0 Å². The van der Waals surface area contributed by atoms with Gasteiger partial charge in [0.05, 0.1) is 0 Å². The molecule has 0 saturated carbocycles. The molecule has 0 aromatic rings. The molecule has 0 aliphatic heterocycles. The molecule has 0 fully saturated rings. The molecule has 40 valence electrons. The first-order chi connectivity index (χ1) is 2.73. The minimum absolute atomic E-state index is 0.778. The van der Waals surface area contributed by atoms with Crippen LogP contribution >= 0.6 is 11.1 Å². The van der Waals surface area contributed by atoms with Gasteiger partial charge in [0.15, 0.2) is 0 Å². The fraction of sp³-hybridized carbons (Fsp3) is 1.00. The first kappa shape index (κ1) is 9.69. The Kier molecular flexibility index (Phi) is 14.7. The summed E-state index contributed by atoms with van der Waals surface area (Å²) in [6, 6.07) is 0. The van der Waals surface area contributed by atoms with E-state index in [1.165, 1.54) is 0 Å². The number of hydrogen-bond acceptors (Lipinski definition) is 1. The quantitative estimate of drug-likeness (QED) is 0.317. The molecule has 0 saturated heterocycles. The average molecular weight is 126 g/mol. The van der Waals surface area contributed by atoms with E-state index in [4.69, 9.17) is 11.1 Å². The van der Waals surface area contributed by atoms with Crippen molar-refractivity contribution in [3.05, 3.63) is 0 Å². The summed E-state index contributed by atoms with van der Waals surface area (Å²) in [5.41, 5.74) is 0. The highest BCUT2D eigenvalue weighted by Gasteiger charge is 1.58. The fourth-order valence-corrected chi connectivity index (χ4v) is 0. The zero-order valence-electron chi connectivity index (χ0n) is 4.83. The van der Waals surface area contributed by atoms with Crippen LogP contribution in [-0.4, -0.2) is 35.6 Å². The first-order valence-electron chi connectivity index (χ1n) is 1.72. The minimum atomic E-state index is 0.778. The van der Waals surface area contributed by atoms with E-state index < -0.39 is 0 Å². The molecule has 0 heterocycles. The van der Waals surface area contributed by atoms with Crippen molar-refractivity contribution in [2.24, 2.45) is 0 Å². The van der Waals surface area contributed by atoms with E-state index >= 15 is 0 Å².